The molecule has 0 aliphatic heterocycles. The monoisotopic (exact) mass is 389 g/mol. The Morgan fingerprint density at radius 2 is 2.00 bits per heavy atom. The number of aryl methyl sites for hydroxylation is 2. The fourth-order valence-corrected chi connectivity index (χ4v) is 3.27. The van der Waals surface area contributed by atoms with Crippen LogP contribution >= 0.6 is 0 Å². The zero-order valence-electron chi connectivity index (χ0n) is 16.5. The van der Waals surface area contributed by atoms with Crippen LogP contribution in [-0.4, -0.2) is 22.1 Å². The third-order valence-corrected chi connectivity index (χ3v) is 4.80. The lowest BCUT2D eigenvalue weighted by molar-refractivity contribution is 0.0921. The van der Waals surface area contributed by atoms with Crippen LogP contribution in [0.25, 0.3) is 11.0 Å². The van der Waals surface area contributed by atoms with Gasteiger partial charge in [0.05, 0.1) is 30.4 Å². The maximum absolute atomic E-state index is 12.2. The third kappa shape index (κ3) is 4.16. The predicted molar refractivity (Wildman–Crippen MR) is 111 cm³/mol. The highest BCUT2D eigenvalue weighted by Crippen LogP contribution is 2.20. The van der Waals surface area contributed by atoms with E-state index in [4.69, 9.17) is 9.15 Å². The van der Waals surface area contributed by atoms with Gasteiger partial charge in [0.2, 0.25) is 0 Å². The molecule has 148 valence electrons. The van der Waals surface area contributed by atoms with Crippen molar-refractivity contribution in [3.63, 3.8) is 0 Å². The molecule has 4 rings (SSSR count). The molecule has 0 unspecified atom stereocenters. The van der Waals surface area contributed by atoms with Crippen LogP contribution in [0.1, 0.15) is 27.5 Å². The highest BCUT2D eigenvalue weighted by Gasteiger charge is 2.14. The Labute approximate surface area is 169 Å². The number of carbonyl (C=O) groups excluding carboxylic acids is 1. The smallest absolute Gasteiger partial charge is 0.287 e. The lowest BCUT2D eigenvalue weighted by Crippen LogP contribution is -2.25. The fourth-order valence-electron chi connectivity index (χ4n) is 3.27. The Hall–Kier alpha value is -3.54. The number of fused-ring (bicyclic) bond motifs is 1. The van der Waals surface area contributed by atoms with Gasteiger partial charge in [-0.15, -0.1) is 0 Å². The number of carbonyl (C=O) groups is 1. The van der Waals surface area contributed by atoms with Crippen molar-refractivity contribution in [3.8, 4) is 5.75 Å². The van der Waals surface area contributed by atoms with Gasteiger partial charge in [0.25, 0.3) is 5.91 Å². The molecule has 0 saturated carbocycles. The maximum Gasteiger partial charge on any atom is 0.287 e. The minimum atomic E-state index is -0.264. The Kier molecular flexibility index (Phi) is 5.33. The number of amides is 1. The molecule has 0 bridgehead atoms. The fraction of sp³-hybridized carbons (Fsp3) is 0.217. The predicted octanol–water partition coefficient (Wildman–Crippen LogP) is 4.26. The number of furan rings is 1. The van der Waals surface area contributed by atoms with E-state index in [0.717, 1.165) is 28.2 Å². The van der Waals surface area contributed by atoms with Gasteiger partial charge in [-0.2, -0.15) is 0 Å². The summed E-state index contributed by atoms with van der Waals surface area (Å²) in [6, 6.07) is 17.4. The first kappa shape index (κ1) is 18.8. The number of aromatic nitrogens is 2. The molecule has 29 heavy (non-hydrogen) atoms. The van der Waals surface area contributed by atoms with Crippen molar-refractivity contribution in [2.45, 2.75) is 26.9 Å². The van der Waals surface area contributed by atoms with Crippen molar-refractivity contribution in [1.29, 1.82) is 0 Å². The quantitative estimate of drug-likeness (QED) is 0.513. The minimum Gasteiger partial charge on any atom is -0.491 e. The topological polar surface area (TPSA) is 69.3 Å². The van der Waals surface area contributed by atoms with Crippen LogP contribution in [0.2, 0.25) is 0 Å². The van der Waals surface area contributed by atoms with Gasteiger partial charge >= 0.3 is 0 Å². The second-order valence-corrected chi connectivity index (χ2v) is 6.95. The summed E-state index contributed by atoms with van der Waals surface area (Å²) in [6.07, 6.45) is 1.48. The number of hydrogen-bond acceptors (Lipinski definition) is 4. The molecule has 6 heteroatoms. The molecule has 1 N–H and O–H groups in total. The van der Waals surface area contributed by atoms with Crippen molar-refractivity contribution in [3.05, 3.63) is 83.6 Å². The summed E-state index contributed by atoms with van der Waals surface area (Å²) < 4.78 is 13.3. The highest BCUT2D eigenvalue weighted by atomic mass is 16.5. The summed E-state index contributed by atoms with van der Waals surface area (Å²) in [6.45, 7) is 5.52. The molecule has 0 aliphatic rings. The van der Waals surface area contributed by atoms with E-state index in [2.05, 4.69) is 33.9 Å². The molecule has 0 aliphatic carbocycles. The first-order chi connectivity index (χ1) is 14.1. The third-order valence-electron chi connectivity index (χ3n) is 4.80. The minimum absolute atomic E-state index is 0.264. The highest BCUT2D eigenvalue weighted by molar-refractivity contribution is 5.91. The number of hydrogen-bond donors (Lipinski definition) is 1. The van der Waals surface area contributed by atoms with Crippen molar-refractivity contribution in [2.75, 3.05) is 6.61 Å². The summed E-state index contributed by atoms with van der Waals surface area (Å²) in [5.41, 5.74) is 4.18. The average molecular weight is 389 g/mol. The number of para-hydroxylation sites is 2. The Morgan fingerprint density at radius 1 is 1.14 bits per heavy atom. The Morgan fingerprint density at radius 3 is 2.83 bits per heavy atom. The molecule has 6 nitrogen and oxygen atoms in total. The number of imidazole rings is 1. The molecule has 0 spiro atoms. The van der Waals surface area contributed by atoms with Crippen LogP contribution in [0.5, 0.6) is 5.75 Å². The van der Waals surface area contributed by atoms with Crippen LogP contribution in [0.3, 0.4) is 0 Å². The molecule has 0 radical (unpaired) electrons. The van der Waals surface area contributed by atoms with Crippen LogP contribution in [0.4, 0.5) is 0 Å². The van der Waals surface area contributed by atoms with Crippen molar-refractivity contribution in [2.24, 2.45) is 0 Å². The van der Waals surface area contributed by atoms with Crippen molar-refractivity contribution in [1.82, 2.24) is 14.9 Å². The second kappa shape index (κ2) is 8.22. The van der Waals surface area contributed by atoms with E-state index in [-0.39, 0.29) is 11.7 Å². The lowest BCUT2D eigenvalue weighted by Gasteiger charge is -2.13. The first-order valence-electron chi connectivity index (χ1n) is 9.58. The van der Waals surface area contributed by atoms with E-state index in [9.17, 15) is 4.79 Å². The Bertz CT molecular complexity index is 1130. The van der Waals surface area contributed by atoms with E-state index in [1.54, 1.807) is 12.1 Å². The van der Waals surface area contributed by atoms with Gasteiger partial charge in [-0.1, -0.05) is 24.3 Å². The van der Waals surface area contributed by atoms with E-state index >= 15 is 0 Å². The molecule has 1 amide bonds. The summed E-state index contributed by atoms with van der Waals surface area (Å²) in [5, 5.41) is 2.87. The molecular weight excluding hydrogens is 366 g/mol. The van der Waals surface area contributed by atoms with Gasteiger partial charge in [0.15, 0.2) is 5.76 Å². The average Bonchev–Trinajstić information content (AvgIpc) is 3.37. The summed E-state index contributed by atoms with van der Waals surface area (Å²) in [5.74, 6) is 1.68. The SMILES string of the molecule is Cc1ccc(C)c(OCCn2c(CNC(=O)c3ccco3)nc3ccccc32)c1. The molecule has 2 heterocycles. The first-order valence-corrected chi connectivity index (χ1v) is 9.58. The van der Waals surface area contributed by atoms with Crippen LogP contribution < -0.4 is 10.1 Å². The van der Waals surface area contributed by atoms with Gasteiger partial charge < -0.3 is 19.0 Å². The van der Waals surface area contributed by atoms with Gasteiger partial charge in [-0.25, -0.2) is 4.98 Å². The van der Waals surface area contributed by atoms with Gasteiger partial charge in [-0.05, 0) is 55.3 Å². The largest absolute Gasteiger partial charge is 0.491 e. The standard InChI is InChI=1S/C23H23N3O3/c1-16-9-10-17(2)21(14-16)29-13-11-26-19-7-4-3-6-18(19)25-22(26)15-24-23(27)20-8-5-12-28-20/h3-10,12,14H,11,13,15H2,1-2H3,(H,24,27). The molecular formula is C23H23N3O3. The summed E-state index contributed by atoms with van der Waals surface area (Å²) in [4.78, 5) is 16.9. The number of rotatable bonds is 7. The summed E-state index contributed by atoms with van der Waals surface area (Å²) in [7, 11) is 0. The van der Waals surface area contributed by atoms with E-state index in [0.29, 0.717) is 19.7 Å². The van der Waals surface area contributed by atoms with Crippen molar-refractivity contribution < 1.29 is 13.9 Å². The molecule has 4 aromatic rings. The van der Waals surface area contributed by atoms with Gasteiger partial charge in [0, 0.05) is 0 Å². The van der Waals surface area contributed by atoms with E-state index in [1.165, 1.54) is 11.8 Å². The number of nitrogens with one attached hydrogen (secondary N) is 1. The van der Waals surface area contributed by atoms with Gasteiger partial charge in [0.1, 0.15) is 18.2 Å². The molecule has 0 saturated heterocycles. The molecule has 2 aromatic heterocycles. The second-order valence-electron chi connectivity index (χ2n) is 6.95. The van der Waals surface area contributed by atoms with Crippen molar-refractivity contribution >= 4 is 16.9 Å². The van der Waals surface area contributed by atoms with E-state index < -0.39 is 0 Å². The molecule has 2 aromatic carbocycles. The summed E-state index contributed by atoms with van der Waals surface area (Å²) >= 11 is 0. The van der Waals surface area contributed by atoms with Crippen LogP contribution in [0.15, 0.2) is 65.3 Å². The normalized spacial score (nSPS) is 11.0. The van der Waals surface area contributed by atoms with E-state index in [1.807, 2.05) is 37.3 Å². The number of nitrogens with zero attached hydrogens (tertiary/aromatic N) is 2. The van der Waals surface area contributed by atoms with Gasteiger partial charge in [-0.3, -0.25) is 4.79 Å². The Balaban J connectivity index is 1.50. The maximum atomic E-state index is 12.2. The van der Waals surface area contributed by atoms with Crippen LogP contribution in [-0.2, 0) is 13.1 Å². The lowest BCUT2D eigenvalue weighted by atomic mass is 10.1. The number of benzene rings is 2. The zero-order chi connectivity index (χ0) is 20.2. The molecule has 0 fully saturated rings. The zero-order valence-corrected chi connectivity index (χ0v) is 16.5. The molecule has 0 atom stereocenters. The number of ether oxygens (including phenoxy) is 1. The van der Waals surface area contributed by atoms with Crippen LogP contribution in [0, 0.1) is 13.8 Å².